The number of rotatable bonds is 6. The fourth-order valence-electron chi connectivity index (χ4n) is 2.37. The van der Waals surface area contributed by atoms with E-state index in [4.69, 9.17) is 11.6 Å². The summed E-state index contributed by atoms with van der Waals surface area (Å²) < 4.78 is 0. The highest BCUT2D eigenvalue weighted by atomic mass is 35.5. The third-order valence-corrected chi connectivity index (χ3v) is 3.92. The van der Waals surface area contributed by atoms with Crippen molar-refractivity contribution in [2.45, 2.75) is 38.3 Å². The number of imide groups is 1. The van der Waals surface area contributed by atoms with Gasteiger partial charge in [-0.25, -0.2) is 4.79 Å². The van der Waals surface area contributed by atoms with E-state index < -0.39 is 18.2 Å². The van der Waals surface area contributed by atoms with Crippen LogP contribution in [-0.2, 0) is 4.79 Å². The number of aliphatic hydroxyl groups excluding tert-OH is 1. The number of amides is 3. The molecule has 1 aliphatic heterocycles. The van der Waals surface area contributed by atoms with Gasteiger partial charge >= 0.3 is 6.03 Å². The molecule has 1 aliphatic rings. The summed E-state index contributed by atoms with van der Waals surface area (Å²) in [6.45, 7) is 1.94. The summed E-state index contributed by atoms with van der Waals surface area (Å²) in [6, 6.07) is 5.92. The molecule has 114 valence electrons. The van der Waals surface area contributed by atoms with E-state index in [-0.39, 0.29) is 12.5 Å². The Balaban J connectivity index is 2.04. The van der Waals surface area contributed by atoms with E-state index in [0.29, 0.717) is 17.0 Å². The van der Waals surface area contributed by atoms with Crippen LogP contribution in [0.1, 0.15) is 37.9 Å². The van der Waals surface area contributed by atoms with Crippen LogP contribution in [0.4, 0.5) is 4.79 Å². The molecular weight excluding hydrogens is 292 g/mol. The summed E-state index contributed by atoms with van der Waals surface area (Å²) in [6.07, 6.45) is 1.47. The lowest BCUT2D eigenvalue weighted by Crippen LogP contribution is -2.35. The third kappa shape index (κ3) is 3.54. The predicted octanol–water partition coefficient (Wildman–Crippen LogP) is 2.48. The highest BCUT2D eigenvalue weighted by Gasteiger charge is 2.38. The summed E-state index contributed by atoms with van der Waals surface area (Å²) in [7, 11) is 0. The number of carbonyl (C=O) groups is 2. The van der Waals surface area contributed by atoms with Crippen LogP contribution in [0.15, 0.2) is 24.3 Å². The predicted molar refractivity (Wildman–Crippen MR) is 80.0 cm³/mol. The first-order chi connectivity index (χ1) is 10.0. The number of nitrogens with one attached hydrogen (secondary N) is 1. The van der Waals surface area contributed by atoms with Crippen molar-refractivity contribution in [3.63, 3.8) is 0 Å². The van der Waals surface area contributed by atoms with Gasteiger partial charge in [-0.05, 0) is 12.5 Å². The molecule has 0 bridgehead atoms. The van der Waals surface area contributed by atoms with E-state index in [2.05, 4.69) is 5.32 Å². The van der Waals surface area contributed by atoms with Gasteiger partial charge in [-0.3, -0.25) is 9.69 Å². The van der Waals surface area contributed by atoms with Crippen molar-refractivity contribution in [2.24, 2.45) is 0 Å². The molecule has 1 saturated heterocycles. The maximum atomic E-state index is 12.2. The molecule has 2 atom stereocenters. The van der Waals surface area contributed by atoms with Crippen molar-refractivity contribution >= 4 is 23.5 Å². The molecule has 2 unspecified atom stereocenters. The molecule has 2 N–H and O–H groups in total. The van der Waals surface area contributed by atoms with Crippen LogP contribution in [0.3, 0.4) is 0 Å². The smallest absolute Gasteiger partial charge is 0.324 e. The average molecular weight is 311 g/mol. The average Bonchev–Trinajstić information content (AvgIpc) is 2.73. The number of hydrogen-bond donors (Lipinski definition) is 2. The molecule has 2 rings (SSSR count). The monoisotopic (exact) mass is 310 g/mol. The molecule has 0 aromatic heterocycles. The molecule has 21 heavy (non-hydrogen) atoms. The van der Waals surface area contributed by atoms with Crippen LogP contribution in [0.25, 0.3) is 0 Å². The minimum atomic E-state index is -0.988. The Morgan fingerprint density at radius 2 is 2.10 bits per heavy atom. The molecular formula is C15H19ClN2O3. The van der Waals surface area contributed by atoms with Crippen molar-refractivity contribution in [1.29, 1.82) is 0 Å². The fraction of sp³-hybridized carbons (Fsp3) is 0.467. The lowest BCUT2D eigenvalue weighted by molar-refractivity contribution is -0.128. The van der Waals surface area contributed by atoms with Gasteiger partial charge in [-0.15, -0.1) is 0 Å². The molecule has 3 amide bonds. The van der Waals surface area contributed by atoms with E-state index in [1.807, 2.05) is 6.92 Å². The van der Waals surface area contributed by atoms with Crippen LogP contribution >= 0.6 is 11.6 Å². The van der Waals surface area contributed by atoms with Crippen molar-refractivity contribution < 1.29 is 14.7 Å². The second-order valence-corrected chi connectivity index (χ2v) is 5.54. The van der Waals surface area contributed by atoms with Crippen LogP contribution in [-0.4, -0.2) is 34.5 Å². The van der Waals surface area contributed by atoms with E-state index in [1.165, 1.54) is 0 Å². The van der Waals surface area contributed by atoms with Crippen LogP contribution in [0.5, 0.6) is 0 Å². The first kappa shape index (κ1) is 15.8. The number of benzene rings is 1. The summed E-state index contributed by atoms with van der Waals surface area (Å²) in [5.74, 6) is -0.278. The Bertz CT molecular complexity index is 535. The highest BCUT2D eigenvalue weighted by Crippen LogP contribution is 2.24. The molecule has 1 aromatic carbocycles. The van der Waals surface area contributed by atoms with Gasteiger partial charge in [0.2, 0.25) is 0 Å². The molecule has 0 aliphatic carbocycles. The number of aliphatic hydroxyl groups is 1. The summed E-state index contributed by atoms with van der Waals surface area (Å²) >= 11 is 6.01. The number of unbranched alkanes of at least 4 members (excludes halogenated alkanes) is 1. The Hall–Kier alpha value is -1.59. The molecule has 1 heterocycles. The molecule has 0 saturated carbocycles. The minimum absolute atomic E-state index is 0.0863. The number of urea groups is 1. The zero-order valence-corrected chi connectivity index (χ0v) is 12.6. The molecule has 5 nitrogen and oxygen atoms in total. The number of nitrogens with zero attached hydrogens (tertiary/aromatic N) is 1. The van der Waals surface area contributed by atoms with Crippen LogP contribution in [0, 0.1) is 0 Å². The molecule has 0 spiro atoms. The van der Waals surface area contributed by atoms with Gasteiger partial charge in [-0.1, -0.05) is 49.6 Å². The highest BCUT2D eigenvalue weighted by molar-refractivity contribution is 6.31. The number of hydrogen-bond acceptors (Lipinski definition) is 3. The maximum Gasteiger partial charge on any atom is 0.324 e. The van der Waals surface area contributed by atoms with E-state index in [1.54, 1.807) is 24.3 Å². The summed E-state index contributed by atoms with van der Waals surface area (Å²) in [5.41, 5.74) is 0.511. The molecule has 0 radical (unpaired) electrons. The minimum Gasteiger partial charge on any atom is -0.386 e. The van der Waals surface area contributed by atoms with Gasteiger partial charge in [-0.2, -0.15) is 0 Å². The molecule has 1 fully saturated rings. The van der Waals surface area contributed by atoms with Crippen molar-refractivity contribution in [2.75, 3.05) is 6.54 Å². The van der Waals surface area contributed by atoms with E-state index >= 15 is 0 Å². The first-order valence-corrected chi connectivity index (χ1v) is 7.46. The topological polar surface area (TPSA) is 69.6 Å². The van der Waals surface area contributed by atoms with Crippen molar-refractivity contribution in [3.05, 3.63) is 34.9 Å². The summed E-state index contributed by atoms with van der Waals surface area (Å²) in [5, 5.41) is 13.3. The van der Waals surface area contributed by atoms with Crippen LogP contribution in [0.2, 0.25) is 5.02 Å². The SMILES string of the molecule is CCCCC1NC(=O)N(CC(O)c2ccccc2Cl)C1=O. The number of β-amino-alcohol motifs (C(OH)–C–C–N with tert-alkyl or cyclic N) is 1. The quantitative estimate of drug-likeness (QED) is 0.793. The second kappa shape index (κ2) is 6.91. The molecule has 1 aromatic rings. The first-order valence-electron chi connectivity index (χ1n) is 7.09. The lowest BCUT2D eigenvalue weighted by atomic mass is 10.1. The fourth-order valence-corrected chi connectivity index (χ4v) is 2.63. The van der Waals surface area contributed by atoms with Gasteiger partial charge < -0.3 is 10.4 Å². The zero-order chi connectivity index (χ0) is 15.4. The zero-order valence-electron chi connectivity index (χ0n) is 11.9. The standard InChI is InChI=1S/C15H19ClN2O3/c1-2-3-8-12-14(20)18(15(21)17-12)9-13(19)10-6-4-5-7-11(10)16/h4-7,12-13,19H,2-3,8-9H2,1H3,(H,17,21). The van der Waals surface area contributed by atoms with Gasteiger partial charge in [0.25, 0.3) is 5.91 Å². The van der Waals surface area contributed by atoms with Gasteiger partial charge in [0.05, 0.1) is 12.6 Å². The normalized spacial score (nSPS) is 19.8. The largest absolute Gasteiger partial charge is 0.386 e. The number of halogens is 1. The maximum absolute atomic E-state index is 12.2. The number of carbonyl (C=O) groups excluding carboxylic acids is 2. The Morgan fingerprint density at radius 1 is 1.38 bits per heavy atom. The van der Waals surface area contributed by atoms with Gasteiger partial charge in [0.1, 0.15) is 6.04 Å². The van der Waals surface area contributed by atoms with Crippen molar-refractivity contribution in [3.8, 4) is 0 Å². The van der Waals surface area contributed by atoms with E-state index in [9.17, 15) is 14.7 Å². The second-order valence-electron chi connectivity index (χ2n) is 5.13. The van der Waals surface area contributed by atoms with Gasteiger partial charge in [0, 0.05) is 10.6 Å². The Labute approximate surface area is 128 Å². The van der Waals surface area contributed by atoms with Crippen molar-refractivity contribution in [1.82, 2.24) is 10.2 Å². The Kier molecular flexibility index (Phi) is 5.20. The third-order valence-electron chi connectivity index (χ3n) is 3.57. The van der Waals surface area contributed by atoms with Gasteiger partial charge in [0.15, 0.2) is 0 Å². The van der Waals surface area contributed by atoms with E-state index in [0.717, 1.165) is 17.7 Å². The molecule has 6 heteroatoms. The van der Waals surface area contributed by atoms with Crippen LogP contribution < -0.4 is 5.32 Å². The summed E-state index contributed by atoms with van der Waals surface area (Å²) in [4.78, 5) is 25.1. The Morgan fingerprint density at radius 3 is 2.76 bits per heavy atom. The lowest BCUT2D eigenvalue weighted by Gasteiger charge is -2.18.